The fourth-order valence-corrected chi connectivity index (χ4v) is 3.89. The highest BCUT2D eigenvalue weighted by atomic mass is 16.6. The molecule has 0 aromatic heterocycles. The zero-order valence-corrected chi connectivity index (χ0v) is 17.5. The summed E-state index contributed by atoms with van der Waals surface area (Å²) >= 11 is 0. The van der Waals surface area contributed by atoms with Crippen LogP contribution in [0.2, 0.25) is 0 Å². The highest BCUT2D eigenvalue weighted by Crippen LogP contribution is 2.30. The van der Waals surface area contributed by atoms with E-state index in [1.807, 2.05) is 0 Å². The van der Waals surface area contributed by atoms with Gasteiger partial charge in [-0.15, -0.1) is 0 Å². The number of hydrogen-bond acceptors (Lipinski definition) is 4. The number of hydrogen-bond donors (Lipinski definition) is 0. The number of rotatable bonds is 8. The Kier molecular flexibility index (Phi) is 5.35. The Morgan fingerprint density at radius 1 is 0.821 bits per heavy atom. The smallest absolute Gasteiger partial charge is 0.125 e. The molecule has 0 spiro atoms. The summed E-state index contributed by atoms with van der Waals surface area (Å²) in [4.78, 5) is 0. The summed E-state index contributed by atoms with van der Waals surface area (Å²) in [6, 6.07) is 8.94. The molecule has 0 N–H and O–H groups in total. The lowest BCUT2D eigenvalue weighted by atomic mass is 9.97. The van der Waals surface area contributed by atoms with E-state index < -0.39 is 0 Å². The van der Waals surface area contributed by atoms with E-state index >= 15 is 0 Å². The molecule has 0 amide bonds. The van der Waals surface area contributed by atoms with Gasteiger partial charge in [0.1, 0.15) is 36.9 Å². The molecule has 4 nitrogen and oxygen atoms in total. The quantitative estimate of drug-likeness (QED) is 0.633. The molecule has 4 heteroatoms. The van der Waals surface area contributed by atoms with Crippen LogP contribution in [-0.4, -0.2) is 38.1 Å². The second kappa shape index (κ2) is 7.76. The van der Waals surface area contributed by atoms with Gasteiger partial charge in [-0.3, -0.25) is 0 Å². The van der Waals surface area contributed by atoms with E-state index in [0.29, 0.717) is 19.3 Å². The van der Waals surface area contributed by atoms with Crippen molar-refractivity contribution in [3.63, 3.8) is 0 Å². The van der Waals surface area contributed by atoms with Crippen LogP contribution in [0.5, 0.6) is 11.5 Å². The van der Waals surface area contributed by atoms with E-state index in [0.717, 1.165) is 24.5 Å². The minimum Gasteiger partial charge on any atom is -0.490 e. The topological polar surface area (TPSA) is 43.5 Å². The highest BCUT2D eigenvalue weighted by Gasteiger charge is 2.35. The molecule has 2 fully saturated rings. The molecule has 0 aliphatic carbocycles. The molecule has 2 aliphatic rings. The summed E-state index contributed by atoms with van der Waals surface area (Å²) in [6.45, 7) is 12.7. The third-order valence-electron chi connectivity index (χ3n) is 5.49. The van der Waals surface area contributed by atoms with E-state index in [9.17, 15) is 0 Å². The van der Waals surface area contributed by atoms with Gasteiger partial charge in [0, 0.05) is 0 Å². The Balaban J connectivity index is 1.45. The Hall–Kier alpha value is -2.04. The van der Waals surface area contributed by atoms with Crippen LogP contribution in [0.4, 0.5) is 0 Å². The van der Waals surface area contributed by atoms with Crippen molar-refractivity contribution in [2.45, 2.75) is 59.4 Å². The van der Waals surface area contributed by atoms with E-state index in [-0.39, 0.29) is 12.2 Å². The molecule has 28 heavy (non-hydrogen) atoms. The van der Waals surface area contributed by atoms with Crippen LogP contribution < -0.4 is 9.47 Å². The van der Waals surface area contributed by atoms with Gasteiger partial charge < -0.3 is 18.9 Å². The van der Waals surface area contributed by atoms with Crippen molar-refractivity contribution >= 4 is 0 Å². The molecule has 2 aromatic carbocycles. The zero-order chi connectivity index (χ0) is 19.8. The minimum atomic E-state index is 0.247. The van der Waals surface area contributed by atoms with E-state index in [2.05, 4.69) is 58.9 Å². The second-order valence-corrected chi connectivity index (χ2v) is 8.25. The Labute approximate surface area is 167 Å². The maximum Gasteiger partial charge on any atom is 0.125 e. The summed E-state index contributed by atoms with van der Waals surface area (Å²) in [6.07, 6.45) is 1.75. The first kappa shape index (κ1) is 19.3. The number of benzene rings is 2. The van der Waals surface area contributed by atoms with Gasteiger partial charge in [-0.25, -0.2) is 0 Å². The average molecular weight is 383 g/mol. The van der Waals surface area contributed by atoms with E-state index in [4.69, 9.17) is 18.9 Å². The molecule has 4 rings (SSSR count). The molecule has 150 valence electrons. The number of ether oxygens (including phenoxy) is 4. The van der Waals surface area contributed by atoms with Crippen LogP contribution >= 0.6 is 0 Å². The van der Waals surface area contributed by atoms with Crippen molar-refractivity contribution in [1.82, 2.24) is 0 Å². The first-order chi connectivity index (χ1) is 13.4. The first-order valence-electron chi connectivity index (χ1n) is 10.1. The normalized spacial score (nSPS) is 22.8. The van der Waals surface area contributed by atoms with Crippen LogP contribution in [0.15, 0.2) is 24.3 Å². The maximum absolute atomic E-state index is 6.02. The molecule has 2 heterocycles. The SMILES string of the molecule is Cc1cc(Cc2cc(C)c(OCC3OC3C)c(C)c2)cc(C)c1OCC1CO1. The molecule has 3 atom stereocenters. The second-order valence-electron chi connectivity index (χ2n) is 8.25. The van der Waals surface area contributed by atoms with Gasteiger partial charge in [-0.05, 0) is 74.4 Å². The average Bonchev–Trinajstić information content (AvgIpc) is 3.52. The van der Waals surface area contributed by atoms with Gasteiger partial charge in [0.15, 0.2) is 0 Å². The van der Waals surface area contributed by atoms with Crippen LogP contribution in [0, 0.1) is 27.7 Å². The molecule has 0 bridgehead atoms. The lowest BCUT2D eigenvalue weighted by molar-refractivity contribution is 0.258. The van der Waals surface area contributed by atoms with Gasteiger partial charge in [-0.2, -0.15) is 0 Å². The fourth-order valence-electron chi connectivity index (χ4n) is 3.89. The van der Waals surface area contributed by atoms with Gasteiger partial charge in [-0.1, -0.05) is 24.3 Å². The highest BCUT2D eigenvalue weighted by molar-refractivity contribution is 5.47. The summed E-state index contributed by atoms with van der Waals surface area (Å²) in [5.41, 5.74) is 7.34. The van der Waals surface area contributed by atoms with Gasteiger partial charge in [0.25, 0.3) is 0 Å². The van der Waals surface area contributed by atoms with Crippen LogP contribution in [0.25, 0.3) is 0 Å². The predicted octanol–water partition coefficient (Wildman–Crippen LogP) is 4.45. The van der Waals surface area contributed by atoms with E-state index in [1.165, 1.54) is 33.4 Å². The van der Waals surface area contributed by atoms with Crippen molar-refractivity contribution in [2.75, 3.05) is 19.8 Å². The molecule has 2 saturated heterocycles. The predicted molar refractivity (Wildman–Crippen MR) is 110 cm³/mol. The first-order valence-corrected chi connectivity index (χ1v) is 10.1. The van der Waals surface area contributed by atoms with Gasteiger partial charge >= 0.3 is 0 Å². The van der Waals surface area contributed by atoms with Gasteiger partial charge in [0.05, 0.1) is 12.7 Å². The van der Waals surface area contributed by atoms with Gasteiger partial charge in [0.2, 0.25) is 0 Å². The Morgan fingerprint density at radius 2 is 1.25 bits per heavy atom. The van der Waals surface area contributed by atoms with Crippen molar-refractivity contribution in [2.24, 2.45) is 0 Å². The lowest BCUT2D eigenvalue weighted by Gasteiger charge is -2.16. The van der Waals surface area contributed by atoms with Crippen LogP contribution in [0.1, 0.15) is 40.3 Å². The van der Waals surface area contributed by atoms with Crippen molar-refractivity contribution in [1.29, 1.82) is 0 Å². The molecule has 3 unspecified atom stereocenters. The largest absolute Gasteiger partial charge is 0.490 e. The fraction of sp³-hybridized carbons (Fsp3) is 0.500. The Morgan fingerprint density at radius 3 is 1.64 bits per heavy atom. The summed E-state index contributed by atoms with van der Waals surface area (Å²) in [7, 11) is 0. The third-order valence-corrected chi connectivity index (χ3v) is 5.49. The zero-order valence-electron chi connectivity index (χ0n) is 17.5. The molecule has 0 radical (unpaired) electrons. The Bertz CT molecular complexity index is 823. The van der Waals surface area contributed by atoms with E-state index in [1.54, 1.807) is 0 Å². The molecular weight excluding hydrogens is 352 g/mol. The molecule has 0 saturated carbocycles. The van der Waals surface area contributed by atoms with Crippen molar-refractivity contribution < 1.29 is 18.9 Å². The molecular formula is C24H30O4. The molecule has 2 aliphatic heterocycles. The number of epoxide rings is 2. The summed E-state index contributed by atoms with van der Waals surface area (Å²) < 4.78 is 22.7. The van der Waals surface area contributed by atoms with Crippen molar-refractivity contribution in [3.05, 3.63) is 57.6 Å². The van der Waals surface area contributed by atoms with Crippen LogP contribution in [-0.2, 0) is 15.9 Å². The number of aryl methyl sites for hydroxylation is 4. The lowest BCUT2D eigenvalue weighted by Crippen LogP contribution is -2.08. The van der Waals surface area contributed by atoms with Crippen LogP contribution in [0.3, 0.4) is 0 Å². The summed E-state index contributed by atoms with van der Waals surface area (Å²) in [5.74, 6) is 1.98. The standard InChI is InChI=1S/C24H30O4/c1-14-6-19(7-15(2)23(14)26-12-21-11-25-21)10-20-8-16(3)24(17(4)9-20)27-13-22-18(5)28-22/h6-9,18,21-22H,10-13H2,1-5H3. The minimum absolute atomic E-state index is 0.247. The molecule has 2 aromatic rings. The van der Waals surface area contributed by atoms with Crippen molar-refractivity contribution in [3.8, 4) is 11.5 Å². The monoisotopic (exact) mass is 382 g/mol. The summed E-state index contributed by atoms with van der Waals surface area (Å²) in [5, 5.41) is 0. The maximum atomic E-state index is 6.02. The third kappa shape index (κ3) is 4.50.